The monoisotopic (exact) mass is 349 g/mol. The molecule has 0 unspecified atom stereocenters. The van der Waals surface area contributed by atoms with Crippen LogP contribution in [0.3, 0.4) is 0 Å². The van der Waals surface area contributed by atoms with E-state index in [2.05, 4.69) is 21.8 Å². The second-order valence-electron chi connectivity index (χ2n) is 4.97. The lowest BCUT2D eigenvalue weighted by molar-refractivity contribution is -0.139. The Balaban J connectivity index is 2.00. The minimum Gasteiger partial charge on any atom is -0.493 e. The molecule has 126 valence electrons. The lowest BCUT2D eigenvalue weighted by atomic mass is 10.2. The van der Waals surface area contributed by atoms with Crippen molar-refractivity contribution in [1.82, 2.24) is 10.7 Å². The van der Waals surface area contributed by atoms with Gasteiger partial charge in [0.25, 0.3) is 0 Å². The van der Waals surface area contributed by atoms with Crippen LogP contribution in [-0.4, -0.2) is 37.8 Å². The normalized spacial score (nSPS) is 13.2. The number of carbonyl (C=O) groups excluding carboxylic acids is 2. The Kier molecular flexibility index (Phi) is 6.04. The van der Waals surface area contributed by atoms with Crippen LogP contribution in [0.4, 0.5) is 0 Å². The molecular weight excluding hydrogens is 334 g/mol. The summed E-state index contributed by atoms with van der Waals surface area (Å²) < 4.78 is 10.5. The quantitative estimate of drug-likeness (QED) is 0.348. The van der Waals surface area contributed by atoms with E-state index < -0.39 is 11.8 Å². The van der Waals surface area contributed by atoms with Gasteiger partial charge in [-0.3, -0.25) is 9.59 Å². The number of rotatable bonds is 6. The fourth-order valence-corrected chi connectivity index (χ4v) is 2.04. The summed E-state index contributed by atoms with van der Waals surface area (Å²) in [5.41, 5.74) is 2.70. The van der Waals surface area contributed by atoms with Crippen molar-refractivity contribution in [2.75, 3.05) is 13.7 Å². The van der Waals surface area contributed by atoms with Crippen LogP contribution in [0.5, 0.6) is 11.5 Å². The van der Waals surface area contributed by atoms with Crippen molar-refractivity contribution in [2.24, 2.45) is 5.10 Å². The highest BCUT2D eigenvalue weighted by molar-refractivity contribution is 6.35. The van der Waals surface area contributed by atoms with Crippen LogP contribution in [0, 0.1) is 12.3 Å². The van der Waals surface area contributed by atoms with Crippen LogP contribution in [-0.2, 0) is 9.59 Å². The molecular formula is C16H16ClN3O4. The molecule has 0 atom stereocenters. The standard InChI is InChI=1S/C16H16ClN3O4/c1-3-6-24-14-12(17)7-10(8-13(14)23-2)9-18-20-16(22)15(21)19-11-4-5-11/h1,7-9,11H,4-6H2,2H3,(H,19,21)(H,20,22)/b18-9-. The Hall–Kier alpha value is -2.72. The minimum atomic E-state index is -0.829. The lowest BCUT2D eigenvalue weighted by Crippen LogP contribution is -2.38. The van der Waals surface area contributed by atoms with Crippen LogP contribution in [0.25, 0.3) is 0 Å². The topological polar surface area (TPSA) is 89.0 Å². The van der Waals surface area contributed by atoms with E-state index in [-0.39, 0.29) is 17.7 Å². The summed E-state index contributed by atoms with van der Waals surface area (Å²) in [5, 5.41) is 6.57. The first-order valence-corrected chi connectivity index (χ1v) is 7.50. The van der Waals surface area contributed by atoms with Crippen molar-refractivity contribution in [1.29, 1.82) is 0 Å². The SMILES string of the molecule is C#CCOc1c(Cl)cc(/C=N\NC(=O)C(=O)NC2CC2)cc1OC. The number of hydrogen-bond acceptors (Lipinski definition) is 5. The van der Waals surface area contributed by atoms with Gasteiger partial charge in [0.15, 0.2) is 11.5 Å². The molecule has 0 radical (unpaired) electrons. The van der Waals surface area contributed by atoms with Gasteiger partial charge < -0.3 is 14.8 Å². The van der Waals surface area contributed by atoms with Gasteiger partial charge in [0, 0.05) is 6.04 Å². The maximum absolute atomic E-state index is 11.5. The highest BCUT2D eigenvalue weighted by atomic mass is 35.5. The molecule has 0 aliphatic heterocycles. The van der Waals surface area contributed by atoms with Gasteiger partial charge in [-0.05, 0) is 30.5 Å². The number of nitrogens with one attached hydrogen (secondary N) is 2. The van der Waals surface area contributed by atoms with Crippen molar-refractivity contribution in [3.8, 4) is 23.8 Å². The van der Waals surface area contributed by atoms with Gasteiger partial charge in [-0.15, -0.1) is 6.42 Å². The van der Waals surface area contributed by atoms with Crippen LogP contribution >= 0.6 is 11.6 Å². The van der Waals surface area contributed by atoms with E-state index in [1.54, 1.807) is 12.1 Å². The van der Waals surface area contributed by atoms with Crippen LogP contribution in [0.1, 0.15) is 18.4 Å². The van der Waals surface area contributed by atoms with Gasteiger partial charge in [0.05, 0.1) is 18.3 Å². The van der Waals surface area contributed by atoms with Gasteiger partial charge in [-0.1, -0.05) is 17.5 Å². The zero-order chi connectivity index (χ0) is 17.5. The number of hydrogen-bond donors (Lipinski definition) is 2. The average molecular weight is 350 g/mol. The molecule has 1 fully saturated rings. The van der Waals surface area contributed by atoms with E-state index in [1.165, 1.54) is 13.3 Å². The summed E-state index contributed by atoms with van der Waals surface area (Å²) in [4.78, 5) is 23.0. The lowest BCUT2D eigenvalue weighted by Gasteiger charge is -2.11. The molecule has 0 aromatic heterocycles. The Morgan fingerprint density at radius 3 is 2.83 bits per heavy atom. The fraction of sp³-hybridized carbons (Fsp3) is 0.312. The van der Waals surface area contributed by atoms with E-state index in [0.717, 1.165) is 12.8 Å². The Morgan fingerprint density at radius 1 is 1.46 bits per heavy atom. The molecule has 0 heterocycles. The van der Waals surface area contributed by atoms with Crippen molar-refractivity contribution in [2.45, 2.75) is 18.9 Å². The number of methoxy groups -OCH3 is 1. The smallest absolute Gasteiger partial charge is 0.329 e. The van der Waals surface area contributed by atoms with E-state index in [4.69, 9.17) is 27.5 Å². The molecule has 2 rings (SSSR count). The first-order chi connectivity index (χ1) is 11.5. The fourth-order valence-electron chi connectivity index (χ4n) is 1.76. The average Bonchev–Trinajstić information content (AvgIpc) is 3.37. The summed E-state index contributed by atoms with van der Waals surface area (Å²) in [7, 11) is 1.46. The van der Waals surface area contributed by atoms with Crippen molar-refractivity contribution in [3.05, 3.63) is 22.7 Å². The summed E-state index contributed by atoms with van der Waals surface area (Å²) in [5.74, 6) is 1.50. The highest BCUT2D eigenvalue weighted by Crippen LogP contribution is 2.35. The minimum absolute atomic E-state index is 0.0513. The van der Waals surface area contributed by atoms with Gasteiger partial charge in [-0.2, -0.15) is 5.10 Å². The number of nitrogens with zero attached hydrogens (tertiary/aromatic N) is 1. The number of terminal acetylenes is 1. The first-order valence-electron chi connectivity index (χ1n) is 7.12. The number of benzene rings is 1. The second-order valence-corrected chi connectivity index (χ2v) is 5.38. The maximum atomic E-state index is 11.5. The highest BCUT2D eigenvalue weighted by Gasteiger charge is 2.26. The first kappa shape index (κ1) is 17.6. The van der Waals surface area contributed by atoms with Gasteiger partial charge in [0.2, 0.25) is 0 Å². The number of ether oxygens (including phenoxy) is 2. The molecule has 1 saturated carbocycles. The van der Waals surface area contributed by atoms with Crippen molar-refractivity contribution in [3.63, 3.8) is 0 Å². The van der Waals surface area contributed by atoms with Gasteiger partial charge >= 0.3 is 11.8 Å². The van der Waals surface area contributed by atoms with E-state index in [9.17, 15) is 9.59 Å². The molecule has 1 aliphatic carbocycles. The third-order valence-corrected chi connectivity index (χ3v) is 3.33. The Bertz CT molecular complexity index is 708. The van der Waals surface area contributed by atoms with Gasteiger partial charge in [0.1, 0.15) is 6.61 Å². The molecule has 1 aliphatic rings. The summed E-state index contributed by atoms with van der Waals surface area (Å²) in [6.07, 6.45) is 8.28. The molecule has 7 nitrogen and oxygen atoms in total. The van der Waals surface area contributed by atoms with E-state index in [0.29, 0.717) is 17.1 Å². The Labute approximate surface area is 144 Å². The van der Waals surface area contributed by atoms with E-state index in [1.807, 2.05) is 0 Å². The third kappa shape index (κ3) is 4.89. The maximum Gasteiger partial charge on any atom is 0.329 e. The molecule has 0 bridgehead atoms. The molecule has 2 N–H and O–H groups in total. The summed E-state index contributed by atoms with van der Waals surface area (Å²) >= 11 is 6.12. The molecule has 1 aromatic carbocycles. The predicted molar refractivity (Wildman–Crippen MR) is 89.2 cm³/mol. The van der Waals surface area contributed by atoms with E-state index >= 15 is 0 Å². The third-order valence-electron chi connectivity index (χ3n) is 3.05. The number of carbonyl (C=O) groups is 2. The van der Waals surface area contributed by atoms with Crippen LogP contribution in [0.2, 0.25) is 5.02 Å². The molecule has 1 aromatic rings. The molecule has 24 heavy (non-hydrogen) atoms. The molecule has 2 amide bonds. The zero-order valence-corrected chi connectivity index (χ0v) is 13.7. The van der Waals surface area contributed by atoms with Gasteiger partial charge in [-0.25, -0.2) is 5.43 Å². The van der Waals surface area contributed by atoms with Crippen LogP contribution in [0.15, 0.2) is 17.2 Å². The molecule has 0 saturated heterocycles. The number of amides is 2. The van der Waals surface area contributed by atoms with Crippen molar-refractivity contribution >= 4 is 29.6 Å². The number of hydrazone groups is 1. The zero-order valence-electron chi connectivity index (χ0n) is 13.0. The largest absolute Gasteiger partial charge is 0.493 e. The summed E-state index contributed by atoms with van der Waals surface area (Å²) in [6.45, 7) is 0.0513. The van der Waals surface area contributed by atoms with Crippen LogP contribution < -0.4 is 20.2 Å². The Morgan fingerprint density at radius 2 is 2.21 bits per heavy atom. The second kappa shape index (κ2) is 8.22. The predicted octanol–water partition coefficient (Wildman–Crippen LogP) is 1.09. The summed E-state index contributed by atoms with van der Waals surface area (Å²) in [6, 6.07) is 3.28. The molecule has 0 spiro atoms. The molecule has 8 heteroatoms. The number of halogens is 1. The van der Waals surface area contributed by atoms with Crippen molar-refractivity contribution < 1.29 is 19.1 Å².